The largest absolute Gasteiger partial charge is 0.349 e. The van der Waals surface area contributed by atoms with Crippen molar-refractivity contribution in [1.29, 1.82) is 0 Å². The molecule has 0 fully saturated rings. The molecule has 28 heavy (non-hydrogen) atoms. The first-order valence-corrected chi connectivity index (χ1v) is 10.8. The van der Waals surface area contributed by atoms with Crippen LogP contribution in [0.3, 0.4) is 0 Å². The summed E-state index contributed by atoms with van der Waals surface area (Å²) in [5.41, 5.74) is 4.32. The standard InChI is InChI=1S/C23H30N2O2S/c1-16(2)13-19-7-9-20(10-8-19)18(4)24-22(26)14-28-15-23(27)25-21-11-5-17(3)6-12-21/h5-12,16,18H,13-15H2,1-4H3,(H,24,26)(H,25,27). The van der Waals surface area contributed by atoms with Gasteiger partial charge in [0.1, 0.15) is 0 Å². The number of hydrogen-bond acceptors (Lipinski definition) is 3. The maximum absolute atomic E-state index is 12.2. The molecule has 2 aromatic rings. The van der Waals surface area contributed by atoms with Gasteiger partial charge in [-0.05, 0) is 49.4 Å². The Labute approximate surface area is 172 Å². The molecule has 2 rings (SSSR count). The molecule has 4 nitrogen and oxygen atoms in total. The van der Waals surface area contributed by atoms with Crippen molar-refractivity contribution in [3.05, 3.63) is 65.2 Å². The summed E-state index contributed by atoms with van der Waals surface area (Å²) >= 11 is 1.31. The maximum Gasteiger partial charge on any atom is 0.234 e. The van der Waals surface area contributed by atoms with Crippen LogP contribution in [0.1, 0.15) is 43.5 Å². The summed E-state index contributed by atoms with van der Waals surface area (Å²) in [5, 5.41) is 5.83. The first-order chi connectivity index (χ1) is 13.3. The number of nitrogens with one attached hydrogen (secondary N) is 2. The van der Waals surface area contributed by atoms with Gasteiger partial charge in [-0.15, -0.1) is 11.8 Å². The van der Waals surface area contributed by atoms with Crippen LogP contribution < -0.4 is 10.6 Å². The lowest BCUT2D eigenvalue weighted by molar-refractivity contribution is -0.119. The van der Waals surface area contributed by atoms with E-state index in [1.807, 2.05) is 38.1 Å². The number of thioether (sulfide) groups is 1. The molecule has 1 unspecified atom stereocenters. The molecule has 0 saturated carbocycles. The average Bonchev–Trinajstić information content (AvgIpc) is 2.63. The minimum Gasteiger partial charge on any atom is -0.349 e. The van der Waals surface area contributed by atoms with E-state index in [9.17, 15) is 9.59 Å². The molecule has 0 heterocycles. The van der Waals surface area contributed by atoms with E-state index < -0.39 is 0 Å². The van der Waals surface area contributed by atoms with Gasteiger partial charge >= 0.3 is 0 Å². The minimum absolute atomic E-state index is 0.0532. The van der Waals surface area contributed by atoms with Crippen LogP contribution in [0.4, 0.5) is 5.69 Å². The highest BCUT2D eigenvalue weighted by Gasteiger charge is 2.11. The van der Waals surface area contributed by atoms with Crippen molar-refractivity contribution in [2.75, 3.05) is 16.8 Å². The van der Waals surface area contributed by atoms with Gasteiger partial charge in [0, 0.05) is 5.69 Å². The fourth-order valence-electron chi connectivity index (χ4n) is 2.85. The smallest absolute Gasteiger partial charge is 0.234 e. The van der Waals surface area contributed by atoms with Gasteiger partial charge in [-0.1, -0.05) is 55.8 Å². The zero-order chi connectivity index (χ0) is 20.5. The van der Waals surface area contributed by atoms with Crippen molar-refractivity contribution in [3.63, 3.8) is 0 Å². The molecule has 0 aliphatic rings. The first kappa shape index (κ1) is 22.0. The molecule has 0 spiro atoms. The molecule has 150 valence electrons. The number of hydrogen-bond donors (Lipinski definition) is 2. The number of carbonyl (C=O) groups is 2. The van der Waals surface area contributed by atoms with E-state index >= 15 is 0 Å². The van der Waals surface area contributed by atoms with E-state index in [4.69, 9.17) is 0 Å². The van der Waals surface area contributed by atoms with E-state index in [-0.39, 0.29) is 29.4 Å². The van der Waals surface area contributed by atoms with Crippen molar-refractivity contribution < 1.29 is 9.59 Å². The first-order valence-electron chi connectivity index (χ1n) is 9.66. The molecule has 0 aliphatic carbocycles. The van der Waals surface area contributed by atoms with Crippen LogP contribution >= 0.6 is 11.8 Å². The Bertz CT molecular complexity index is 770. The highest BCUT2D eigenvalue weighted by Crippen LogP contribution is 2.16. The Kier molecular flexibility index (Phi) is 8.58. The molecule has 5 heteroatoms. The normalized spacial score (nSPS) is 11.9. The molecule has 0 aliphatic heterocycles. The molecule has 2 aromatic carbocycles. The number of benzene rings is 2. The summed E-state index contributed by atoms with van der Waals surface area (Å²) < 4.78 is 0. The lowest BCUT2D eigenvalue weighted by Gasteiger charge is -2.15. The summed E-state index contributed by atoms with van der Waals surface area (Å²) in [7, 11) is 0. The summed E-state index contributed by atoms with van der Waals surface area (Å²) in [5.74, 6) is 0.974. The van der Waals surface area contributed by atoms with Crippen molar-refractivity contribution in [1.82, 2.24) is 5.32 Å². The van der Waals surface area contributed by atoms with Crippen LogP contribution in [0, 0.1) is 12.8 Å². The Hall–Kier alpha value is -2.27. The van der Waals surface area contributed by atoms with Gasteiger partial charge in [0.15, 0.2) is 0 Å². The second kappa shape index (κ2) is 10.9. The molecule has 2 amide bonds. The molecular formula is C23H30N2O2S. The van der Waals surface area contributed by atoms with Crippen molar-refractivity contribution in [3.8, 4) is 0 Å². The van der Waals surface area contributed by atoms with Gasteiger partial charge in [0.25, 0.3) is 0 Å². The number of rotatable bonds is 9. The van der Waals surface area contributed by atoms with Gasteiger partial charge in [-0.3, -0.25) is 9.59 Å². The third-order valence-corrected chi connectivity index (χ3v) is 5.24. The number of amides is 2. The van der Waals surface area contributed by atoms with E-state index in [1.54, 1.807) is 0 Å². The van der Waals surface area contributed by atoms with E-state index in [2.05, 4.69) is 48.7 Å². The fourth-order valence-corrected chi connectivity index (χ4v) is 3.48. The molecule has 0 radical (unpaired) electrons. The highest BCUT2D eigenvalue weighted by atomic mass is 32.2. The van der Waals surface area contributed by atoms with Crippen LogP contribution in [0.2, 0.25) is 0 Å². The maximum atomic E-state index is 12.2. The van der Waals surface area contributed by atoms with Crippen LogP contribution in [0.15, 0.2) is 48.5 Å². The zero-order valence-corrected chi connectivity index (χ0v) is 17.9. The third-order valence-electron chi connectivity index (χ3n) is 4.30. The van der Waals surface area contributed by atoms with Gasteiger partial charge in [-0.2, -0.15) is 0 Å². The third kappa shape index (κ3) is 7.77. The van der Waals surface area contributed by atoms with Crippen molar-refractivity contribution >= 4 is 29.3 Å². The Morgan fingerprint density at radius 2 is 1.50 bits per heavy atom. The van der Waals surface area contributed by atoms with E-state index in [0.29, 0.717) is 5.92 Å². The quantitative estimate of drug-likeness (QED) is 0.641. The number of carbonyl (C=O) groups excluding carboxylic acids is 2. The van der Waals surface area contributed by atoms with Crippen LogP contribution in [0.5, 0.6) is 0 Å². The van der Waals surface area contributed by atoms with E-state index in [0.717, 1.165) is 23.2 Å². The van der Waals surface area contributed by atoms with Crippen LogP contribution in [-0.4, -0.2) is 23.3 Å². The number of anilines is 1. The molecule has 0 bridgehead atoms. The predicted molar refractivity (Wildman–Crippen MR) is 119 cm³/mol. The van der Waals surface area contributed by atoms with Gasteiger partial charge in [0.2, 0.25) is 11.8 Å². The highest BCUT2D eigenvalue weighted by molar-refractivity contribution is 8.00. The SMILES string of the molecule is Cc1ccc(NC(=O)CSCC(=O)NC(C)c2ccc(CC(C)C)cc2)cc1. The average molecular weight is 399 g/mol. The molecule has 1 atom stereocenters. The monoisotopic (exact) mass is 398 g/mol. The van der Waals surface area contributed by atoms with Crippen molar-refractivity contribution in [2.45, 2.75) is 40.2 Å². The summed E-state index contributed by atoms with van der Waals surface area (Å²) in [6.07, 6.45) is 1.06. The van der Waals surface area contributed by atoms with Gasteiger partial charge < -0.3 is 10.6 Å². The Balaban J connectivity index is 1.71. The predicted octanol–water partition coefficient (Wildman–Crippen LogP) is 4.74. The zero-order valence-electron chi connectivity index (χ0n) is 17.1. The van der Waals surface area contributed by atoms with Gasteiger partial charge in [0.05, 0.1) is 17.5 Å². The lowest BCUT2D eigenvalue weighted by Crippen LogP contribution is -2.28. The molecule has 2 N–H and O–H groups in total. The molecule has 0 aromatic heterocycles. The van der Waals surface area contributed by atoms with Crippen LogP contribution in [0.25, 0.3) is 0 Å². The second-order valence-corrected chi connectivity index (χ2v) is 8.52. The Morgan fingerprint density at radius 3 is 2.11 bits per heavy atom. The summed E-state index contributed by atoms with van der Waals surface area (Å²) in [6, 6.07) is 16.0. The van der Waals surface area contributed by atoms with Gasteiger partial charge in [-0.25, -0.2) is 0 Å². The summed E-state index contributed by atoms with van der Waals surface area (Å²) in [6.45, 7) is 8.39. The molecular weight excluding hydrogens is 368 g/mol. The van der Waals surface area contributed by atoms with Crippen molar-refractivity contribution in [2.24, 2.45) is 5.92 Å². The topological polar surface area (TPSA) is 58.2 Å². The second-order valence-electron chi connectivity index (χ2n) is 7.54. The van der Waals surface area contributed by atoms with E-state index in [1.165, 1.54) is 17.3 Å². The minimum atomic E-state index is -0.101. The lowest BCUT2D eigenvalue weighted by atomic mass is 10.00. The Morgan fingerprint density at radius 1 is 0.893 bits per heavy atom. The fraction of sp³-hybridized carbons (Fsp3) is 0.391. The van der Waals surface area contributed by atoms with Crippen LogP contribution in [-0.2, 0) is 16.0 Å². The molecule has 0 saturated heterocycles. The number of aryl methyl sites for hydroxylation is 1. The summed E-state index contributed by atoms with van der Waals surface area (Å²) in [4.78, 5) is 24.1.